The van der Waals surface area contributed by atoms with Crippen LogP contribution in [0.25, 0.3) is 10.9 Å². The Hall–Kier alpha value is -1.86. The van der Waals surface area contributed by atoms with Gasteiger partial charge in [0.05, 0.1) is 18.5 Å². The van der Waals surface area contributed by atoms with E-state index in [-0.39, 0.29) is 5.92 Å². The Labute approximate surface area is 212 Å². The van der Waals surface area contributed by atoms with Crippen molar-refractivity contribution in [3.63, 3.8) is 0 Å². The van der Waals surface area contributed by atoms with Crippen LogP contribution in [0.3, 0.4) is 0 Å². The van der Waals surface area contributed by atoms with Crippen LogP contribution in [0, 0.1) is 11.8 Å². The number of fused-ring (bicyclic) bond motifs is 1. The normalized spacial score (nSPS) is 22.8. The van der Waals surface area contributed by atoms with Crippen molar-refractivity contribution in [3.05, 3.63) is 36.0 Å². The summed E-state index contributed by atoms with van der Waals surface area (Å²) in [5.41, 5.74) is 1.35. The zero-order chi connectivity index (χ0) is 24.6. The zero-order valence-corrected chi connectivity index (χ0v) is 21.6. The van der Waals surface area contributed by atoms with E-state index in [0.29, 0.717) is 30.7 Å². The molecule has 1 aromatic heterocycles. The molecule has 0 bridgehead atoms. The van der Waals surface area contributed by atoms with E-state index in [9.17, 15) is 9.90 Å². The third kappa shape index (κ3) is 7.10. The van der Waals surface area contributed by atoms with Gasteiger partial charge in [0.2, 0.25) is 0 Å². The molecule has 1 aliphatic heterocycles. The van der Waals surface area contributed by atoms with Gasteiger partial charge in [-0.15, -0.1) is 0 Å². The van der Waals surface area contributed by atoms with Gasteiger partial charge in [-0.05, 0) is 93.1 Å². The average molecular weight is 503 g/mol. The Balaban J connectivity index is 1.28. The van der Waals surface area contributed by atoms with Crippen molar-refractivity contribution in [2.45, 2.75) is 69.2 Å². The van der Waals surface area contributed by atoms with E-state index in [1.807, 2.05) is 18.2 Å². The van der Waals surface area contributed by atoms with Crippen LogP contribution in [0.2, 0.25) is 0 Å². The summed E-state index contributed by atoms with van der Waals surface area (Å²) in [7, 11) is 1.60. The van der Waals surface area contributed by atoms with Crippen molar-refractivity contribution < 1.29 is 19.0 Å². The first-order valence-electron chi connectivity index (χ1n) is 13.2. The van der Waals surface area contributed by atoms with Gasteiger partial charge in [-0.2, -0.15) is 11.8 Å². The Morgan fingerprint density at radius 3 is 2.86 bits per heavy atom. The number of pyridine rings is 1. The predicted octanol–water partition coefficient (Wildman–Crippen LogP) is 6.51. The molecule has 35 heavy (non-hydrogen) atoms. The number of hydrogen-bond acceptors (Lipinski definition) is 5. The van der Waals surface area contributed by atoms with Gasteiger partial charge in [-0.3, -0.25) is 9.78 Å². The first kappa shape index (κ1) is 26.2. The van der Waals surface area contributed by atoms with E-state index >= 15 is 4.39 Å². The largest absolute Gasteiger partial charge is 0.497 e. The highest BCUT2D eigenvalue weighted by Gasteiger charge is 2.34. The summed E-state index contributed by atoms with van der Waals surface area (Å²) in [6, 6.07) is 7.23. The number of benzene rings is 1. The van der Waals surface area contributed by atoms with Gasteiger partial charge in [-0.25, -0.2) is 4.39 Å². The lowest BCUT2D eigenvalue weighted by atomic mass is 9.81. The highest BCUT2D eigenvalue weighted by Crippen LogP contribution is 2.35. The number of piperidine rings is 1. The molecule has 1 unspecified atom stereocenters. The van der Waals surface area contributed by atoms with Crippen LogP contribution in [0.15, 0.2) is 30.5 Å². The van der Waals surface area contributed by atoms with Crippen LogP contribution in [-0.4, -0.2) is 58.7 Å². The van der Waals surface area contributed by atoms with E-state index in [2.05, 4.69) is 21.6 Å². The lowest BCUT2D eigenvalue weighted by molar-refractivity contribution is -0.146. The molecule has 1 saturated carbocycles. The molecule has 3 atom stereocenters. The maximum absolute atomic E-state index is 15.4. The smallest absolute Gasteiger partial charge is 0.308 e. The summed E-state index contributed by atoms with van der Waals surface area (Å²) >= 11 is 2.11. The third-order valence-corrected chi connectivity index (χ3v) is 9.26. The Morgan fingerprint density at radius 2 is 2.09 bits per heavy atom. The maximum atomic E-state index is 15.4. The molecule has 0 amide bonds. The summed E-state index contributed by atoms with van der Waals surface area (Å²) in [5.74, 6) is 0.689. The van der Waals surface area contributed by atoms with E-state index in [4.69, 9.17) is 4.74 Å². The molecule has 2 heterocycles. The lowest BCUT2D eigenvalue weighted by Crippen LogP contribution is -2.44. The number of ether oxygens (including phenoxy) is 1. The van der Waals surface area contributed by atoms with Crippen molar-refractivity contribution in [1.82, 2.24) is 9.88 Å². The number of aromatic nitrogens is 1. The van der Waals surface area contributed by atoms with Gasteiger partial charge in [0.15, 0.2) is 0 Å². The van der Waals surface area contributed by atoms with E-state index < -0.39 is 18.1 Å². The summed E-state index contributed by atoms with van der Waals surface area (Å²) < 4.78 is 20.7. The number of carboxylic acids is 1. The van der Waals surface area contributed by atoms with Gasteiger partial charge in [-0.1, -0.05) is 19.3 Å². The third-order valence-electron chi connectivity index (χ3n) is 7.79. The van der Waals surface area contributed by atoms with E-state index in [1.165, 1.54) is 32.1 Å². The quantitative estimate of drug-likeness (QED) is 0.353. The molecule has 1 aliphatic carbocycles. The molecule has 5 nitrogen and oxygen atoms in total. The fraction of sp³-hybridized carbons (Fsp3) is 0.643. The summed E-state index contributed by atoms with van der Waals surface area (Å²) in [6.07, 6.45) is 10.2. The number of aliphatic carboxylic acids is 1. The number of halogens is 1. The molecule has 192 valence electrons. The molecule has 1 saturated heterocycles. The van der Waals surface area contributed by atoms with Gasteiger partial charge < -0.3 is 14.7 Å². The molecule has 2 aliphatic rings. The van der Waals surface area contributed by atoms with Crippen LogP contribution in [0.5, 0.6) is 5.75 Å². The molecule has 2 aromatic rings. The molecule has 2 fully saturated rings. The van der Waals surface area contributed by atoms with Gasteiger partial charge in [0.1, 0.15) is 11.9 Å². The number of likely N-dealkylation sites (tertiary alicyclic amines) is 1. The standard InChI is InChI=1S/C28H39FN2O3S/c1-34-21-9-11-27-24(18-21)23(12-14-30-27)26(29)10-8-20-13-16-31(19-25(20)28(32)33)15-5-17-35-22-6-3-2-4-7-22/h9,11-12,14,18,20,22,25-26H,2-8,10,13,15-17,19H2,1H3,(H,32,33)/t20-,25+,26?/m1/s1. The van der Waals surface area contributed by atoms with E-state index in [0.717, 1.165) is 47.8 Å². The SMILES string of the molecule is COc1ccc2nccc(C(F)CC[C@@H]3CCN(CCCSC4CCCCC4)C[C@@H]3C(=O)O)c2c1. The van der Waals surface area contributed by atoms with Crippen LogP contribution in [0.4, 0.5) is 4.39 Å². The lowest BCUT2D eigenvalue weighted by Gasteiger charge is -2.37. The second-order valence-corrected chi connectivity index (χ2v) is 11.5. The number of hydrogen-bond donors (Lipinski definition) is 1. The Bertz CT molecular complexity index is 968. The zero-order valence-electron chi connectivity index (χ0n) is 20.8. The minimum absolute atomic E-state index is 0.0150. The number of carbonyl (C=O) groups is 1. The fourth-order valence-corrected chi connectivity index (χ4v) is 7.02. The molecule has 1 N–H and O–H groups in total. The van der Waals surface area contributed by atoms with Crippen LogP contribution in [0.1, 0.15) is 69.5 Å². The first-order chi connectivity index (χ1) is 17.0. The monoisotopic (exact) mass is 502 g/mol. The molecular formula is C28H39FN2O3S. The van der Waals surface area contributed by atoms with Crippen LogP contribution < -0.4 is 4.74 Å². The second kappa shape index (κ2) is 12.9. The molecule has 7 heteroatoms. The fourth-order valence-electron chi connectivity index (χ4n) is 5.73. The topological polar surface area (TPSA) is 62.7 Å². The number of thioether (sulfide) groups is 1. The number of carboxylic acid groups (broad SMARTS) is 1. The number of nitrogens with zero attached hydrogens (tertiary/aromatic N) is 2. The highest BCUT2D eigenvalue weighted by molar-refractivity contribution is 7.99. The molecule has 1 aromatic carbocycles. The number of rotatable bonds is 11. The van der Waals surface area contributed by atoms with Crippen molar-refractivity contribution in [1.29, 1.82) is 0 Å². The molecule has 4 rings (SSSR count). The Morgan fingerprint density at radius 1 is 1.26 bits per heavy atom. The van der Waals surface area contributed by atoms with Crippen molar-refractivity contribution in [2.75, 3.05) is 32.5 Å². The second-order valence-electron chi connectivity index (χ2n) is 10.1. The van der Waals surface area contributed by atoms with Crippen molar-refractivity contribution in [2.24, 2.45) is 11.8 Å². The van der Waals surface area contributed by atoms with Crippen LogP contribution in [-0.2, 0) is 4.79 Å². The minimum Gasteiger partial charge on any atom is -0.497 e. The van der Waals surface area contributed by atoms with Crippen molar-refractivity contribution in [3.8, 4) is 5.75 Å². The molecule has 0 radical (unpaired) electrons. The average Bonchev–Trinajstić information content (AvgIpc) is 2.89. The first-order valence-corrected chi connectivity index (χ1v) is 14.2. The summed E-state index contributed by atoms with van der Waals surface area (Å²) in [5, 5.41) is 11.5. The number of alkyl halides is 1. The minimum atomic E-state index is -1.16. The van der Waals surface area contributed by atoms with Crippen LogP contribution >= 0.6 is 11.8 Å². The van der Waals surface area contributed by atoms with E-state index in [1.54, 1.807) is 19.4 Å². The predicted molar refractivity (Wildman–Crippen MR) is 141 cm³/mol. The maximum Gasteiger partial charge on any atom is 0.308 e. The van der Waals surface area contributed by atoms with Crippen molar-refractivity contribution >= 4 is 28.6 Å². The van der Waals surface area contributed by atoms with Gasteiger partial charge >= 0.3 is 5.97 Å². The Kier molecular flexibility index (Phi) is 9.67. The summed E-state index contributed by atoms with van der Waals surface area (Å²) in [4.78, 5) is 18.7. The number of methoxy groups -OCH3 is 1. The van der Waals surface area contributed by atoms with Gasteiger partial charge in [0, 0.05) is 23.4 Å². The highest BCUT2D eigenvalue weighted by atomic mass is 32.2. The van der Waals surface area contributed by atoms with Gasteiger partial charge in [0.25, 0.3) is 0 Å². The molecule has 0 spiro atoms. The molecular weight excluding hydrogens is 463 g/mol. The summed E-state index contributed by atoms with van der Waals surface area (Å²) in [6.45, 7) is 2.46.